The third-order valence-electron chi connectivity index (χ3n) is 2.46. The van der Waals surface area contributed by atoms with Crippen molar-refractivity contribution in [3.8, 4) is 0 Å². The fourth-order valence-corrected chi connectivity index (χ4v) is 1.92. The number of nitrogens with zero attached hydrogens (tertiary/aromatic N) is 1. The molecule has 20 heavy (non-hydrogen) atoms. The van der Waals surface area contributed by atoms with Gasteiger partial charge in [-0.1, -0.05) is 6.07 Å². The Morgan fingerprint density at radius 1 is 1.10 bits per heavy atom. The monoisotopic (exact) mass is 345 g/mol. The van der Waals surface area contributed by atoms with E-state index in [1.807, 2.05) is 0 Å². The summed E-state index contributed by atoms with van der Waals surface area (Å²) in [5.74, 6) is -2.58. The smallest absolute Gasteiger partial charge is 0.303 e. The highest BCUT2D eigenvalue weighted by atomic mass is 79.9. The van der Waals surface area contributed by atoms with E-state index in [9.17, 15) is 14.0 Å². The van der Waals surface area contributed by atoms with E-state index >= 15 is 0 Å². The molecule has 0 aromatic heterocycles. The summed E-state index contributed by atoms with van der Waals surface area (Å²) >= 11 is 3.16. The number of carbonyl (C=O) groups is 2. The van der Waals surface area contributed by atoms with Gasteiger partial charge < -0.3 is 10.2 Å². The summed E-state index contributed by atoms with van der Waals surface area (Å²) < 4.78 is 14.1. The number of rotatable bonds is 7. The van der Waals surface area contributed by atoms with Crippen LogP contribution in [-0.2, 0) is 9.59 Å². The molecule has 0 saturated heterocycles. The predicted octanol–water partition coefficient (Wildman–Crippen LogP) is 3.39. The molecule has 1 aromatic carbocycles. The number of benzene rings is 1. The molecule has 108 valence electrons. The van der Waals surface area contributed by atoms with Gasteiger partial charge in [0, 0.05) is 10.2 Å². The van der Waals surface area contributed by atoms with Gasteiger partial charge in [-0.05, 0) is 40.9 Å². The Hall–Kier alpha value is -1.76. The summed E-state index contributed by atoms with van der Waals surface area (Å²) in [6, 6.07) is 4.34. The van der Waals surface area contributed by atoms with Crippen molar-refractivity contribution in [2.24, 2.45) is 4.99 Å². The number of carboxylic acids is 2. The minimum atomic E-state index is -1.01. The summed E-state index contributed by atoms with van der Waals surface area (Å²) in [6.45, 7) is 0. The standard InChI is InChI=1S/C13H13BrFNO4/c14-9-2-1-3-10(15)13(9)16-8(4-6-11(17)18)5-7-12(19)20/h1-3H,4-7H2,(H,17,18)(H,19,20). The molecule has 0 aliphatic carbocycles. The van der Waals surface area contributed by atoms with Crippen LogP contribution in [0.5, 0.6) is 0 Å². The molecule has 0 radical (unpaired) electrons. The number of hydrogen-bond acceptors (Lipinski definition) is 3. The molecule has 0 saturated carbocycles. The molecule has 0 fully saturated rings. The largest absolute Gasteiger partial charge is 0.481 e. The molecule has 5 nitrogen and oxygen atoms in total. The molecule has 0 amide bonds. The minimum Gasteiger partial charge on any atom is -0.481 e. The van der Waals surface area contributed by atoms with Gasteiger partial charge in [-0.15, -0.1) is 0 Å². The molecule has 7 heteroatoms. The van der Waals surface area contributed by atoms with Crippen LogP contribution in [0.25, 0.3) is 0 Å². The first-order chi connectivity index (χ1) is 9.40. The SMILES string of the molecule is O=C(O)CCC(CCC(=O)O)=Nc1c(F)cccc1Br. The second-order valence-electron chi connectivity index (χ2n) is 4.04. The van der Waals surface area contributed by atoms with Crippen LogP contribution in [0.4, 0.5) is 10.1 Å². The van der Waals surface area contributed by atoms with Crippen LogP contribution in [0.15, 0.2) is 27.7 Å². The summed E-state index contributed by atoms with van der Waals surface area (Å²) in [7, 11) is 0. The summed E-state index contributed by atoms with van der Waals surface area (Å²) in [5, 5.41) is 17.3. The maximum Gasteiger partial charge on any atom is 0.303 e. The van der Waals surface area contributed by atoms with Crippen molar-refractivity contribution in [2.75, 3.05) is 0 Å². The maximum atomic E-state index is 13.6. The molecule has 0 aliphatic heterocycles. The number of halogens is 2. The molecule has 1 aromatic rings. The lowest BCUT2D eigenvalue weighted by Crippen LogP contribution is -2.06. The van der Waals surface area contributed by atoms with E-state index < -0.39 is 17.8 Å². The quantitative estimate of drug-likeness (QED) is 0.741. The van der Waals surface area contributed by atoms with E-state index in [2.05, 4.69) is 20.9 Å². The molecule has 0 bridgehead atoms. The number of para-hydroxylation sites is 1. The molecule has 0 spiro atoms. The first-order valence-electron chi connectivity index (χ1n) is 5.84. The van der Waals surface area contributed by atoms with Crippen molar-refractivity contribution < 1.29 is 24.2 Å². The number of carboxylic acid groups (broad SMARTS) is 2. The third-order valence-corrected chi connectivity index (χ3v) is 3.10. The number of aliphatic carboxylic acids is 2. The van der Waals surface area contributed by atoms with Gasteiger partial charge in [0.1, 0.15) is 11.5 Å². The van der Waals surface area contributed by atoms with Gasteiger partial charge in [-0.25, -0.2) is 4.39 Å². The highest BCUT2D eigenvalue weighted by molar-refractivity contribution is 9.10. The van der Waals surface area contributed by atoms with E-state index in [0.29, 0.717) is 10.2 Å². The first kappa shape index (κ1) is 16.3. The summed E-state index contributed by atoms with van der Waals surface area (Å²) in [5.41, 5.74) is 0.402. The zero-order chi connectivity index (χ0) is 15.1. The lowest BCUT2D eigenvalue weighted by atomic mass is 10.1. The van der Waals surface area contributed by atoms with Crippen molar-refractivity contribution in [1.29, 1.82) is 0 Å². The normalized spacial score (nSPS) is 10.1. The van der Waals surface area contributed by atoms with Gasteiger partial charge in [-0.2, -0.15) is 0 Å². The molecule has 2 N–H and O–H groups in total. The Morgan fingerprint density at radius 3 is 2.10 bits per heavy atom. The second kappa shape index (κ2) is 7.74. The van der Waals surface area contributed by atoms with Crippen molar-refractivity contribution in [2.45, 2.75) is 25.7 Å². The second-order valence-corrected chi connectivity index (χ2v) is 4.89. The van der Waals surface area contributed by atoms with E-state index in [4.69, 9.17) is 10.2 Å². The van der Waals surface area contributed by atoms with Crippen LogP contribution in [0.3, 0.4) is 0 Å². The average molecular weight is 346 g/mol. The van der Waals surface area contributed by atoms with E-state index in [0.717, 1.165) is 0 Å². The van der Waals surface area contributed by atoms with Crippen LogP contribution >= 0.6 is 15.9 Å². The summed E-state index contributed by atoms with van der Waals surface area (Å²) in [4.78, 5) is 25.2. The molecule has 1 rings (SSSR count). The van der Waals surface area contributed by atoms with Crippen molar-refractivity contribution in [3.63, 3.8) is 0 Å². The Balaban J connectivity index is 2.97. The van der Waals surface area contributed by atoms with Crippen LogP contribution in [0.2, 0.25) is 0 Å². The molecule has 0 atom stereocenters. The van der Waals surface area contributed by atoms with Crippen LogP contribution in [-0.4, -0.2) is 27.9 Å². The molecular weight excluding hydrogens is 333 g/mol. The molecule has 0 unspecified atom stereocenters. The van der Waals surface area contributed by atoms with Crippen molar-refractivity contribution in [1.82, 2.24) is 0 Å². The van der Waals surface area contributed by atoms with Gasteiger partial charge in [-0.3, -0.25) is 14.6 Å². The lowest BCUT2D eigenvalue weighted by molar-refractivity contribution is -0.137. The van der Waals surface area contributed by atoms with E-state index in [1.165, 1.54) is 12.1 Å². The third kappa shape index (κ3) is 5.48. The van der Waals surface area contributed by atoms with Gasteiger partial charge in [0.15, 0.2) is 0 Å². The highest BCUT2D eigenvalue weighted by Crippen LogP contribution is 2.29. The Labute approximate surface area is 123 Å². The average Bonchev–Trinajstić information content (AvgIpc) is 2.35. The minimum absolute atomic E-state index is 0.0540. The zero-order valence-corrected chi connectivity index (χ0v) is 12.1. The summed E-state index contributed by atoms with van der Waals surface area (Å²) in [6.07, 6.45) is -0.179. The van der Waals surface area contributed by atoms with E-state index in [-0.39, 0.29) is 31.4 Å². The topological polar surface area (TPSA) is 87.0 Å². The van der Waals surface area contributed by atoms with Crippen LogP contribution < -0.4 is 0 Å². The van der Waals surface area contributed by atoms with Gasteiger partial charge in [0.05, 0.1) is 12.8 Å². The highest BCUT2D eigenvalue weighted by Gasteiger charge is 2.10. The predicted molar refractivity (Wildman–Crippen MR) is 74.9 cm³/mol. The molecular formula is C13H13BrFNO4. The number of hydrogen-bond donors (Lipinski definition) is 2. The number of aliphatic imine (C=N–C) groups is 1. The fourth-order valence-electron chi connectivity index (χ4n) is 1.49. The van der Waals surface area contributed by atoms with Crippen molar-refractivity contribution in [3.05, 3.63) is 28.5 Å². The molecule has 0 heterocycles. The molecule has 0 aliphatic rings. The van der Waals surface area contributed by atoms with Gasteiger partial charge >= 0.3 is 11.9 Å². The van der Waals surface area contributed by atoms with Crippen LogP contribution in [0, 0.1) is 5.82 Å². The fraction of sp³-hybridized carbons (Fsp3) is 0.308. The van der Waals surface area contributed by atoms with Crippen LogP contribution in [0.1, 0.15) is 25.7 Å². The Bertz CT molecular complexity index is 505. The zero-order valence-electron chi connectivity index (χ0n) is 10.5. The van der Waals surface area contributed by atoms with Gasteiger partial charge in [0.25, 0.3) is 0 Å². The Morgan fingerprint density at radius 2 is 1.65 bits per heavy atom. The first-order valence-corrected chi connectivity index (χ1v) is 6.63. The maximum absolute atomic E-state index is 13.6. The van der Waals surface area contributed by atoms with Gasteiger partial charge in [0.2, 0.25) is 0 Å². The Kier molecular flexibility index (Phi) is 6.30. The van der Waals surface area contributed by atoms with E-state index in [1.54, 1.807) is 6.07 Å². The van der Waals surface area contributed by atoms with Crippen molar-refractivity contribution >= 4 is 39.3 Å². The lowest BCUT2D eigenvalue weighted by Gasteiger charge is -2.06.